The first-order chi connectivity index (χ1) is 6.57. The molecule has 0 amide bonds. The molecule has 1 aliphatic carbocycles. The van der Waals surface area contributed by atoms with E-state index in [0.29, 0.717) is 16.5 Å². The van der Waals surface area contributed by atoms with E-state index in [2.05, 4.69) is 23.2 Å². The largest absolute Gasteiger partial charge is 0.374 e. The van der Waals surface area contributed by atoms with E-state index >= 15 is 0 Å². The molecule has 0 spiro atoms. The van der Waals surface area contributed by atoms with Crippen LogP contribution in [0.15, 0.2) is 0 Å². The summed E-state index contributed by atoms with van der Waals surface area (Å²) < 4.78 is 4.29. The highest BCUT2D eigenvalue weighted by Crippen LogP contribution is 2.41. The summed E-state index contributed by atoms with van der Waals surface area (Å²) >= 11 is 1.31. The number of nitrogen functional groups attached to an aromatic ring is 1. The first-order valence-electron chi connectivity index (χ1n) is 5.16. The van der Waals surface area contributed by atoms with Gasteiger partial charge in [0, 0.05) is 17.5 Å². The van der Waals surface area contributed by atoms with E-state index in [1.54, 1.807) is 0 Å². The third-order valence-electron chi connectivity index (χ3n) is 3.16. The first-order valence-corrected chi connectivity index (χ1v) is 5.93. The molecule has 0 unspecified atom stereocenters. The molecule has 3 nitrogen and oxygen atoms in total. The molecule has 1 aromatic rings. The molecule has 14 heavy (non-hydrogen) atoms. The number of hydrogen-bond donors (Lipinski definition) is 1. The average Bonchev–Trinajstić information content (AvgIpc) is 2.52. The van der Waals surface area contributed by atoms with Crippen molar-refractivity contribution in [3.63, 3.8) is 0 Å². The summed E-state index contributed by atoms with van der Waals surface area (Å²) in [6, 6.07) is 0. The Morgan fingerprint density at radius 3 is 2.50 bits per heavy atom. The highest BCUT2D eigenvalue weighted by atomic mass is 32.1. The van der Waals surface area contributed by atoms with Crippen molar-refractivity contribution in [2.24, 2.45) is 5.41 Å². The lowest BCUT2D eigenvalue weighted by atomic mass is 9.73. The van der Waals surface area contributed by atoms with E-state index < -0.39 is 0 Å². The standard InChI is InChI=1S/C10H17N3S/c1-10(2)5-3-7(4-6-10)8-12-9(11)14-13-8/h7H,3-6H2,1-2H3,(H2,11,12,13). The smallest absolute Gasteiger partial charge is 0.199 e. The van der Waals surface area contributed by atoms with Crippen LogP contribution in [-0.2, 0) is 0 Å². The van der Waals surface area contributed by atoms with E-state index in [9.17, 15) is 0 Å². The van der Waals surface area contributed by atoms with Gasteiger partial charge in [0.15, 0.2) is 5.13 Å². The molecule has 78 valence electrons. The Labute approximate surface area is 88.9 Å². The van der Waals surface area contributed by atoms with Crippen LogP contribution in [0.1, 0.15) is 51.3 Å². The van der Waals surface area contributed by atoms with Gasteiger partial charge in [-0.25, -0.2) is 4.98 Å². The van der Waals surface area contributed by atoms with Crippen molar-refractivity contribution in [2.75, 3.05) is 5.73 Å². The van der Waals surface area contributed by atoms with Crippen molar-refractivity contribution < 1.29 is 0 Å². The SMILES string of the molecule is CC1(C)CCC(c2nsc(N)n2)CC1. The lowest BCUT2D eigenvalue weighted by molar-refractivity contribution is 0.221. The zero-order valence-corrected chi connectivity index (χ0v) is 9.60. The van der Waals surface area contributed by atoms with Crippen molar-refractivity contribution in [2.45, 2.75) is 45.4 Å². The third-order valence-corrected chi connectivity index (χ3v) is 3.72. The Morgan fingerprint density at radius 2 is 2.00 bits per heavy atom. The molecule has 2 N–H and O–H groups in total. The normalized spacial score (nSPS) is 22.4. The summed E-state index contributed by atoms with van der Waals surface area (Å²) in [4.78, 5) is 4.27. The first kappa shape index (κ1) is 9.90. The predicted molar refractivity (Wildman–Crippen MR) is 59.3 cm³/mol. The zero-order valence-electron chi connectivity index (χ0n) is 8.79. The molecular weight excluding hydrogens is 194 g/mol. The molecule has 1 aromatic heterocycles. The Balaban J connectivity index is 2.02. The monoisotopic (exact) mass is 211 g/mol. The molecule has 1 fully saturated rings. The quantitative estimate of drug-likeness (QED) is 0.777. The number of hydrogen-bond acceptors (Lipinski definition) is 4. The Kier molecular flexibility index (Phi) is 2.47. The lowest BCUT2D eigenvalue weighted by Crippen LogP contribution is -2.20. The minimum Gasteiger partial charge on any atom is -0.374 e. The van der Waals surface area contributed by atoms with Crippen LogP contribution < -0.4 is 5.73 Å². The summed E-state index contributed by atoms with van der Waals surface area (Å²) in [5.74, 6) is 1.53. The molecular formula is C10H17N3S. The summed E-state index contributed by atoms with van der Waals surface area (Å²) in [5.41, 5.74) is 6.10. The third kappa shape index (κ3) is 2.05. The summed E-state index contributed by atoms with van der Waals surface area (Å²) in [7, 11) is 0. The van der Waals surface area contributed by atoms with E-state index in [-0.39, 0.29) is 0 Å². The van der Waals surface area contributed by atoms with E-state index in [4.69, 9.17) is 5.73 Å². The topological polar surface area (TPSA) is 51.8 Å². The van der Waals surface area contributed by atoms with Crippen LogP contribution in [0.4, 0.5) is 5.13 Å². The molecule has 0 aliphatic heterocycles. The van der Waals surface area contributed by atoms with Gasteiger partial charge in [0.05, 0.1) is 0 Å². The number of nitrogens with zero attached hydrogens (tertiary/aromatic N) is 2. The van der Waals surface area contributed by atoms with Crippen LogP contribution in [0.3, 0.4) is 0 Å². The van der Waals surface area contributed by atoms with Crippen LogP contribution >= 0.6 is 11.5 Å². The minimum atomic E-state index is 0.512. The molecule has 2 rings (SSSR count). The summed E-state index contributed by atoms with van der Waals surface area (Å²) in [6.07, 6.45) is 4.97. The maximum atomic E-state index is 5.58. The molecule has 1 saturated carbocycles. The maximum Gasteiger partial charge on any atom is 0.199 e. The van der Waals surface area contributed by atoms with Crippen molar-refractivity contribution in [3.8, 4) is 0 Å². The number of aromatic nitrogens is 2. The minimum absolute atomic E-state index is 0.512. The van der Waals surface area contributed by atoms with Gasteiger partial charge in [-0.2, -0.15) is 4.37 Å². The highest BCUT2D eigenvalue weighted by Gasteiger charge is 2.29. The van der Waals surface area contributed by atoms with E-state index in [0.717, 1.165) is 5.82 Å². The van der Waals surface area contributed by atoms with E-state index in [1.165, 1.54) is 37.2 Å². The molecule has 1 heterocycles. The van der Waals surface area contributed by atoms with Crippen molar-refractivity contribution in [1.29, 1.82) is 0 Å². The van der Waals surface area contributed by atoms with Crippen molar-refractivity contribution in [1.82, 2.24) is 9.36 Å². The van der Waals surface area contributed by atoms with Crippen molar-refractivity contribution in [3.05, 3.63) is 5.82 Å². The Bertz CT molecular complexity index is 309. The average molecular weight is 211 g/mol. The molecule has 0 radical (unpaired) electrons. The fourth-order valence-corrected chi connectivity index (χ4v) is 2.58. The fourth-order valence-electron chi connectivity index (χ4n) is 2.07. The molecule has 0 atom stereocenters. The molecule has 1 aliphatic rings. The molecule has 0 saturated heterocycles. The number of nitrogens with two attached hydrogens (primary N) is 1. The lowest BCUT2D eigenvalue weighted by Gasteiger charge is -2.33. The van der Waals surface area contributed by atoms with Gasteiger partial charge in [0.2, 0.25) is 0 Å². The second kappa shape index (κ2) is 3.50. The fraction of sp³-hybridized carbons (Fsp3) is 0.800. The summed E-state index contributed by atoms with van der Waals surface area (Å²) in [5, 5.41) is 0.602. The van der Waals surface area contributed by atoms with Crippen LogP contribution in [-0.4, -0.2) is 9.36 Å². The van der Waals surface area contributed by atoms with Gasteiger partial charge in [0.25, 0.3) is 0 Å². The van der Waals surface area contributed by atoms with Gasteiger partial charge in [-0.15, -0.1) is 0 Å². The van der Waals surface area contributed by atoms with Gasteiger partial charge >= 0.3 is 0 Å². The van der Waals surface area contributed by atoms with Gasteiger partial charge in [-0.05, 0) is 31.1 Å². The van der Waals surface area contributed by atoms with Crippen molar-refractivity contribution >= 4 is 16.7 Å². The second-order valence-corrected chi connectivity index (χ2v) is 5.71. The number of anilines is 1. The van der Waals surface area contributed by atoms with Crippen LogP contribution in [0.5, 0.6) is 0 Å². The van der Waals surface area contributed by atoms with Crippen LogP contribution in [0, 0.1) is 5.41 Å². The highest BCUT2D eigenvalue weighted by molar-refractivity contribution is 7.09. The van der Waals surface area contributed by atoms with Crippen LogP contribution in [0.2, 0.25) is 0 Å². The molecule has 0 bridgehead atoms. The Hall–Kier alpha value is -0.640. The molecule has 4 heteroatoms. The van der Waals surface area contributed by atoms with Gasteiger partial charge < -0.3 is 5.73 Å². The predicted octanol–water partition coefficient (Wildman–Crippen LogP) is 2.80. The Morgan fingerprint density at radius 1 is 1.36 bits per heavy atom. The second-order valence-electron chi connectivity index (χ2n) is 4.93. The van der Waals surface area contributed by atoms with Gasteiger partial charge in [0.1, 0.15) is 5.82 Å². The van der Waals surface area contributed by atoms with Gasteiger partial charge in [-0.1, -0.05) is 13.8 Å². The van der Waals surface area contributed by atoms with E-state index in [1.807, 2.05) is 0 Å². The van der Waals surface area contributed by atoms with Gasteiger partial charge in [-0.3, -0.25) is 0 Å². The molecule has 0 aromatic carbocycles. The zero-order chi connectivity index (χ0) is 10.2. The van der Waals surface area contributed by atoms with Crippen LogP contribution in [0.25, 0.3) is 0 Å². The summed E-state index contributed by atoms with van der Waals surface area (Å²) in [6.45, 7) is 4.68. The number of rotatable bonds is 1. The maximum absolute atomic E-state index is 5.58.